The van der Waals surface area contributed by atoms with Crippen LogP contribution in [0.25, 0.3) is 0 Å². The van der Waals surface area contributed by atoms with Crippen LogP contribution in [0.1, 0.15) is 18.5 Å². The molecular formula is C13H16BBrN2O. The SMILES string of the molecule is Cc1cc(OCC2CCB(C#N)CC2)c(Br)cn1. The lowest BCUT2D eigenvalue weighted by molar-refractivity contribution is 0.235. The van der Waals surface area contributed by atoms with Crippen LogP contribution < -0.4 is 4.74 Å². The quantitative estimate of drug-likeness (QED) is 0.803. The van der Waals surface area contributed by atoms with Crippen LogP contribution in [0, 0.1) is 24.1 Å². The summed E-state index contributed by atoms with van der Waals surface area (Å²) in [4.78, 5) is 4.19. The normalized spacial score (nSPS) is 16.4. The third kappa shape index (κ3) is 3.49. The lowest BCUT2D eigenvalue weighted by Crippen LogP contribution is -2.23. The molecular weight excluding hydrogens is 291 g/mol. The predicted molar refractivity (Wildman–Crippen MR) is 75.9 cm³/mol. The summed E-state index contributed by atoms with van der Waals surface area (Å²) in [6.07, 6.45) is 6.00. The van der Waals surface area contributed by atoms with Crippen molar-refractivity contribution in [1.29, 1.82) is 5.26 Å². The van der Waals surface area contributed by atoms with Gasteiger partial charge in [-0.05, 0) is 28.8 Å². The van der Waals surface area contributed by atoms with Crippen LogP contribution in [0.2, 0.25) is 12.6 Å². The first-order valence-corrected chi connectivity index (χ1v) is 7.13. The molecule has 1 aromatic heterocycles. The Balaban J connectivity index is 1.85. The van der Waals surface area contributed by atoms with Crippen LogP contribution >= 0.6 is 15.9 Å². The second-order valence-electron chi connectivity index (χ2n) is 4.91. The molecule has 0 spiro atoms. The highest BCUT2D eigenvalue weighted by atomic mass is 79.9. The van der Waals surface area contributed by atoms with Gasteiger partial charge >= 0.3 is 0 Å². The zero-order chi connectivity index (χ0) is 13.0. The molecule has 0 saturated carbocycles. The second-order valence-corrected chi connectivity index (χ2v) is 5.77. The number of rotatable bonds is 3. The molecule has 0 radical (unpaired) electrons. The fourth-order valence-electron chi connectivity index (χ4n) is 2.29. The molecule has 2 heterocycles. The van der Waals surface area contributed by atoms with Gasteiger partial charge in [0.05, 0.1) is 11.1 Å². The highest BCUT2D eigenvalue weighted by Gasteiger charge is 2.24. The smallest absolute Gasteiger partial charge is 0.267 e. The standard InChI is InChI=1S/C13H16BBrN2O/c1-10-6-13(12(15)7-17-10)18-8-11-2-4-14(9-16)5-3-11/h6-7,11H,2-5,8H2,1H3. The lowest BCUT2D eigenvalue weighted by atomic mass is 9.42. The Labute approximate surface area is 117 Å². The lowest BCUT2D eigenvalue weighted by Gasteiger charge is -2.23. The number of halogens is 1. The molecule has 18 heavy (non-hydrogen) atoms. The van der Waals surface area contributed by atoms with Crippen molar-refractivity contribution in [3.8, 4) is 11.7 Å². The minimum Gasteiger partial charge on any atom is -0.492 e. The van der Waals surface area contributed by atoms with Gasteiger partial charge in [0.25, 0.3) is 6.71 Å². The first-order valence-electron chi connectivity index (χ1n) is 6.33. The summed E-state index contributed by atoms with van der Waals surface area (Å²) < 4.78 is 6.76. The monoisotopic (exact) mass is 306 g/mol. The van der Waals surface area contributed by atoms with Crippen molar-refractivity contribution < 1.29 is 4.74 Å². The van der Waals surface area contributed by atoms with Crippen LogP contribution in [0.15, 0.2) is 16.7 Å². The van der Waals surface area contributed by atoms with Gasteiger partial charge in [0.2, 0.25) is 0 Å². The molecule has 2 rings (SSSR count). The van der Waals surface area contributed by atoms with Crippen LogP contribution in [0.5, 0.6) is 5.75 Å². The van der Waals surface area contributed by atoms with E-state index in [0.29, 0.717) is 5.92 Å². The fourth-order valence-corrected chi connectivity index (χ4v) is 2.63. The van der Waals surface area contributed by atoms with E-state index in [2.05, 4.69) is 26.9 Å². The molecule has 0 unspecified atom stereocenters. The Hall–Kier alpha value is -1.02. The van der Waals surface area contributed by atoms with Crippen molar-refractivity contribution in [3.05, 3.63) is 22.4 Å². The molecule has 1 saturated heterocycles. The minimum atomic E-state index is 0.260. The summed E-state index contributed by atoms with van der Waals surface area (Å²) in [7, 11) is 0. The van der Waals surface area contributed by atoms with E-state index in [1.54, 1.807) is 6.20 Å². The topological polar surface area (TPSA) is 45.9 Å². The van der Waals surface area contributed by atoms with Crippen molar-refractivity contribution >= 4 is 22.6 Å². The van der Waals surface area contributed by atoms with Gasteiger partial charge in [-0.25, -0.2) is 5.26 Å². The van der Waals surface area contributed by atoms with Crippen molar-refractivity contribution in [2.75, 3.05) is 6.61 Å². The maximum absolute atomic E-state index is 8.86. The zero-order valence-corrected chi connectivity index (χ0v) is 12.1. The summed E-state index contributed by atoms with van der Waals surface area (Å²) in [5, 5.41) is 8.86. The fraction of sp³-hybridized carbons (Fsp3) is 0.538. The molecule has 1 fully saturated rings. The summed E-state index contributed by atoms with van der Waals surface area (Å²) in [5.74, 6) is 3.80. The number of pyridine rings is 1. The molecule has 1 aliphatic rings. The summed E-state index contributed by atoms with van der Waals surface area (Å²) in [5.41, 5.74) is 0.960. The maximum atomic E-state index is 8.86. The maximum Gasteiger partial charge on any atom is 0.267 e. The average Bonchev–Trinajstić information content (AvgIpc) is 2.40. The van der Waals surface area contributed by atoms with Gasteiger partial charge in [-0.2, -0.15) is 0 Å². The number of aryl methyl sites for hydroxylation is 1. The van der Waals surface area contributed by atoms with E-state index in [1.165, 1.54) is 0 Å². The van der Waals surface area contributed by atoms with E-state index in [0.717, 1.165) is 48.0 Å². The van der Waals surface area contributed by atoms with Gasteiger partial charge in [-0.1, -0.05) is 25.5 Å². The molecule has 0 N–H and O–H groups in total. The summed E-state index contributed by atoms with van der Waals surface area (Å²) >= 11 is 3.45. The summed E-state index contributed by atoms with van der Waals surface area (Å²) in [6.45, 7) is 2.95. The van der Waals surface area contributed by atoms with Gasteiger partial charge in [0, 0.05) is 23.9 Å². The molecule has 1 aromatic rings. The van der Waals surface area contributed by atoms with E-state index >= 15 is 0 Å². The molecule has 1 aliphatic heterocycles. The van der Waals surface area contributed by atoms with Crippen molar-refractivity contribution in [1.82, 2.24) is 4.98 Å². The Kier molecular flexibility index (Phi) is 4.65. The number of nitrogens with zero attached hydrogens (tertiary/aromatic N) is 2. The Morgan fingerprint density at radius 1 is 1.56 bits per heavy atom. The van der Waals surface area contributed by atoms with Crippen LogP contribution in [-0.2, 0) is 0 Å². The van der Waals surface area contributed by atoms with E-state index in [-0.39, 0.29) is 6.71 Å². The average molecular weight is 307 g/mol. The third-order valence-corrected chi connectivity index (χ3v) is 4.06. The number of aromatic nitrogens is 1. The van der Waals surface area contributed by atoms with Gasteiger partial charge in [-0.3, -0.25) is 4.98 Å². The first-order chi connectivity index (χ1) is 8.69. The number of ether oxygens (including phenoxy) is 1. The van der Waals surface area contributed by atoms with E-state index in [4.69, 9.17) is 10.00 Å². The number of hydrogen-bond donors (Lipinski definition) is 0. The zero-order valence-electron chi connectivity index (χ0n) is 10.5. The Bertz CT molecular complexity index is 453. The second kappa shape index (κ2) is 6.24. The number of nitriles is 1. The Morgan fingerprint density at radius 2 is 2.28 bits per heavy atom. The van der Waals surface area contributed by atoms with Gasteiger partial charge < -0.3 is 4.74 Å². The van der Waals surface area contributed by atoms with Crippen molar-refractivity contribution in [3.63, 3.8) is 0 Å². The number of hydrogen-bond acceptors (Lipinski definition) is 3. The molecule has 94 valence electrons. The molecule has 3 nitrogen and oxygen atoms in total. The summed E-state index contributed by atoms with van der Waals surface area (Å²) in [6, 6.07) is 1.95. The van der Waals surface area contributed by atoms with E-state index in [9.17, 15) is 0 Å². The highest BCUT2D eigenvalue weighted by Crippen LogP contribution is 2.28. The van der Waals surface area contributed by atoms with Gasteiger partial charge in [0.1, 0.15) is 5.75 Å². The van der Waals surface area contributed by atoms with Crippen molar-refractivity contribution in [2.24, 2.45) is 5.92 Å². The van der Waals surface area contributed by atoms with E-state index in [1.807, 2.05) is 13.0 Å². The van der Waals surface area contributed by atoms with Crippen LogP contribution in [0.4, 0.5) is 0 Å². The van der Waals surface area contributed by atoms with Crippen LogP contribution in [-0.4, -0.2) is 18.3 Å². The van der Waals surface area contributed by atoms with Crippen molar-refractivity contribution in [2.45, 2.75) is 32.4 Å². The largest absolute Gasteiger partial charge is 0.492 e. The van der Waals surface area contributed by atoms with E-state index < -0.39 is 0 Å². The molecule has 0 amide bonds. The molecule has 0 bridgehead atoms. The first kappa shape index (κ1) is 13.4. The molecule has 5 heteroatoms. The predicted octanol–water partition coefficient (Wildman–Crippen LogP) is 3.50. The Morgan fingerprint density at radius 3 is 2.94 bits per heavy atom. The molecule has 0 aromatic carbocycles. The molecule has 0 aliphatic carbocycles. The van der Waals surface area contributed by atoms with Gasteiger partial charge in [0.15, 0.2) is 0 Å². The minimum absolute atomic E-state index is 0.260. The molecule has 0 atom stereocenters. The van der Waals surface area contributed by atoms with Crippen LogP contribution in [0.3, 0.4) is 0 Å². The van der Waals surface area contributed by atoms with Gasteiger partial charge in [-0.15, -0.1) is 0 Å². The highest BCUT2D eigenvalue weighted by molar-refractivity contribution is 9.10. The third-order valence-electron chi connectivity index (χ3n) is 3.46.